The average Bonchev–Trinajstić information content (AvgIpc) is 2.87. The van der Waals surface area contributed by atoms with Crippen LogP contribution in [0.2, 0.25) is 0 Å². The van der Waals surface area contributed by atoms with E-state index in [-0.39, 0.29) is 5.88 Å². The molecule has 0 radical (unpaired) electrons. The van der Waals surface area contributed by atoms with Gasteiger partial charge in [-0.15, -0.1) is 0 Å². The van der Waals surface area contributed by atoms with Crippen LogP contribution >= 0.6 is 0 Å². The number of dihydropyridines is 1. The molecule has 0 aliphatic carbocycles. The van der Waals surface area contributed by atoms with Crippen LogP contribution in [0.4, 0.5) is 0 Å². The standard InChI is InChI=1S/C17H19N3O/c1-2-8-14-16(13-9-4-3-5-10-13)19-20(17(14)21)15-11-6-7-12-18-15/h3-7,9-11,18,21H,2,8,12H2,1H3. The SMILES string of the molecule is CCCc1c(-c2ccccc2)nn(C2=CC=CCN2)c1O. The van der Waals surface area contributed by atoms with Crippen LogP contribution in [-0.2, 0) is 6.42 Å². The second-order valence-electron chi connectivity index (χ2n) is 5.04. The molecule has 1 aliphatic heterocycles. The molecule has 1 aliphatic rings. The number of rotatable bonds is 4. The highest BCUT2D eigenvalue weighted by molar-refractivity contribution is 5.67. The summed E-state index contributed by atoms with van der Waals surface area (Å²) in [6.45, 7) is 2.85. The molecule has 0 fully saturated rings. The lowest BCUT2D eigenvalue weighted by Crippen LogP contribution is -2.19. The van der Waals surface area contributed by atoms with E-state index in [0.717, 1.165) is 42.0 Å². The van der Waals surface area contributed by atoms with Crippen LogP contribution in [0.15, 0.2) is 48.6 Å². The third-order valence-electron chi connectivity index (χ3n) is 3.52. The van der Waals surface area contributed by atoms with Gasteiger partial charge in [0.05, 0.1) is 5.69 Å². The predicted octanol–water partition coefficient (Wildman–Crippen LogP) is 3.17. The van der Waals surface area contributed by atoms with Gasteiger partial charge in [-0.05, 0) is 12.5 Å². The Bertz CT molecular complexity index is 684. The van der Waals surface area contributed by atoms with E-state index in [9.17, 15) is 5.11 Å². The summed E-state index contributed by atoms with van der Waals surface area (Å²) >= 11 is 0. The lowest BCUT2D eigenvalue weighted by molar-refractivity contribution is 0.427. The maximum Gasteiger partial charge on any atom is 0.219 e. The van der Waals surface area contributed by atoms with Crippen LogP contribution in [0.1, 0.15) is 18.9 Å². The first-order valence-corrected chi connectivity index (χ1v) is 7.28. The molecular formula is C17H19N3O. The third kappa shape index (κ3) is 2.57. The highest BCUT2D eigenvalue weighted by Gasteiger charge is 2.20. The summed E-state index contributed by atoms with van der Waals surface area (Å²) in [5, 5.41) is 18.4. The minimum atomic E-state index is 0.227. The highest BCUT2D eigenvalue weighted by Crippen LogP contribution is 2.32. The number of nitrogens with one attached hydrogen (secondary N) is 1. The van der Waals surface area contributed by atoms with Crippen LogP contribution in [-0.4, -0.2) is 21.4 Å². The Morgan fingerprint density at radius 2 is 2.10 bits per heavy atom. The van der Waals surface area contributed by atoms with Gasteiger partial charge in [0.15, 0.2) is 0 Å². The molecule has 2 heterocycles. The van der Waals surface area contributed by atoms with Crippen molar-refractivity contribution in [1.82, 2.24) is 15.1 Å². The molecule has 2 aromatic rings. The van der Waals surface area contributed by atoms with E-state index in [4.69, 9.17) is 0 Å². The molecule has 0 bridgehead atoms. The Morgan fingerprint density at radius 1 is 1.29 bits per heavy atom. The van der Waals surface area contributed by atoms with Gasteiger partial charge in [-0.2, -0.15) is 9.78 Å². The van der Waals surface area contributed by atoms with Crippen molar-refractivity contribution in [2.24, 2.45) is 0 Å². The van der Waals surface area contributed by atoms with Gasteiger partial charge in [-0.1, -0.05) is 55.8 Å². The summed E-state index contributed by atoms with van der Waals surface area (Å²) in [5.74, 6) is 1.03. The quantitative estimate of drug-likeness (QED) is 0.905. The predicted molar refractivity (Wildman–Crippen MR) is 84.7 cm³/mol. The molecule has 0 amide bonds. The van der Waals surface area contributed by atoms with Gasteiger partial charge in [0.25, 0.3) is 0 Å². The molecule has 108 valence electrons. The van der Waals surface area contributed by atoms with E-state index in [1.807, 2.05) is 48.6 Å². The summed E-state index contributed by atoms with van der Waals surface area (Å²) < 4.78 is 1.59. The molecule has 0 atom stereocenters. The van der Waals surface area contributed by atoms with E-state index >= 15 is 0 Å². The molecule has 0 saturated heterocycles. The number of aromatic hydroxyl groups is 1. The van der Waals surface area contributed by atoms with Crippen molar-refractivity contribution in [3.8, 4) is 17.1 Å². The lowest BCUT2D eigenvalue weighted by Gasteiger charge is -2.12. The fourth-order valence-electron chi connectivity index (χ4n) is 2.51. The first-order chi connectivity index (χ1) is 10.3. The van der Waals surface area contributed by atoms with Gasteiger partial charge in [0, 0.05) is 17.7 Å². The van der Waals surface area contributed by atoms with Gasteiger partial charge < -0.3 is 10.4 Å². The molecule has 1 aromatic carbocycles. The zero-order chi connectivity index (χ0) is 14.7. The van der Waals surface area contributed by atoms with Crippen molar-refractivity contribution >= 4 is 5.82 Å². The second kappa shape index (κ2) is 5.87. The Balaban J connectivity index is 2.11. The van der Waals surface area contributed by atoms with Gasteiger partial charge in [0.1, 0.15) is 5.82 Å². The summed E-state index contributed by atoms with van der Waals surface area (Å²) in [4.78, 5) is 0. The van der Waals surface area contributed by atoms with E-state index in [0.29, 0.717) is 0 Å². The van der Waals surface area contributed by atoms with E-state index < -0.39 is 0 Å². The Hall–Kier alpha value is -2.49. The molecular weight excluding hydrogens is 262 g/mol. The summed E-state index contributed by atoms with van der Waals surface area (Å²) in [7, 11) is 0. The maximum atomic E-state index is 10.5. The van der Waals surface area contributed by atoms with Gasteiger partial charge in [-0.25, -0.2) is 0 Å². The van der Waals surface area contributed by atoms with Crippen LogP contribution in [0, 0.1) is 0 Å². The number of benzene rings is 1. The molecule has 0 saturated carbocycles. The summed E-state index contributed by atoms with van der Waals surface area (Å²) in [6, 6.07) is 10.0. The number of hydrogen-bond acceptors (Lipinski definition) is 3. The van der Waals surface area contributed by atoms with Crippen molar-refractivity contribution in [1.29, 1.82) is 0 Å². The van der Waals surface area contributed by atoms with Gasteiger partial charge in [-0.3, -0.25) is 0 Å². The zero-order valence-electron chi connectivity index (χ0n) is 12.1. The molecule has 4 heteroatoms. The van der Waals surface area contributed by atoms with Crippen molar-refractivity contribution < 1.29 is 5.11 Å². The number of nitrogens with zero attached hydrogens (tertiary/aromatic N) is 2. The van der Waals surface area contributed by atoms with Crippen molar-refractivity contribution in [2.45, 2.75) is 19.8 Å². The van der Waals surface area contributed by atoms with E-state index in [2.05, 4.69) is 17.3 Å². The largest absolute Gasteiger partial charge is 0.493 e. The Morgan fingerprint density at radius 3 is 2.76 bits per heavy atom. The van der Waals surface area contributed by atoms with Crippen LogP contribution in [0.25, 0.3) is 17.1 Å². The zero-order valence-corrected chi connectivity index (χ0v) is 12.1. The van der Waals surface area contributed by atoms with Crippen LogP contribution in [0.3, 0.4) is 0 Å². The van der Waals surface area contributed by atoms with E-state index in [1.165, 1.54) is 0 Å². The smallest absolute Gasteiger partial charge is 0.219 e. The number of hydrogen-bond donors (Lipinski definition) is 2. The third-order valence-corrected chi connectivity index (χ3v) is 3.52. The monoisotopic (exact) mass is 281 g/mol. The molecule has 21 heavy (non-hydrogen) atoms. The topological polar surface area (TPSA) is 50.1 Å². The van der Waals surface area contributed by atoms with Crippen LogP contribution < -0.4 is 5.32 Å². The van der Waals surface area contributed by atoms with Crippen molar-refractivity contribution in [3.63, 3.8) is 0 Å². The maximum absolute atomic E-state index is 10.5. The molecule has 4 nitrogen and oxygen atoms in total. The Kier molecular flexibility index (Phi) is 3.77. The van der Waals surface area contributed by atoms with Crippen molar-refractivity contribution in [2.75, 3.05) is 6.54 Å². The normalized spacial score (nSPS) is 13.9. The van der Waals surface area contributed by atoms with E-state index in [1.54, 1.807) is 4.68 Å². The lowest BCUT2D eigenvalue weighted by atomic mass is 10.0. The second-order valence-corrected chi connectivity index (χ2v) is 5.04. The number of allylic oxidation sites excluding steroid dienone is 2. The highest BCUT2D eigenvalue weighted by atomic mass is 16.3. The number of aromatic nitrogens is 2. The van der Waals surface area contributed by atoms with Gasteiger partial charge in [0.2, 0.25) is 5.88 Å². The average molecular weight is 281 g/mol. The molecule has 3 rings (SSSR count). The fourth-order valence-corrected chi connectivity index (χ4v) is 2.51. The molecule has 1 aromatic heterocycles. The molecule has 0 spiro atoms. The minimum Gasteiger partial charge on any atom is -0.493 e. The van der Waals surface area contributed by atoms with Gasteiger partial charge >= 0.3 is 0 Å². The van der Waals surface area contributed by atoms with Crippen LogP contribution in [0.5, 0.6) is 5.88 Å². The summed E-state index contributed by atoms with van der Waals surface area (Å²) in [5.41, 5.74) is 2.79. The van der Waals surface area contributed by atoms with Crippen molar-refractivity contribution in [3.05, 3.63) is 54.1 Å². The Labute approximate surface area is 124 Å². The first-order valence-electron chi connectivity index (χ1n) is 7.28. The fraction of sp³-hybridized carbons (Fsp3) is 0.235. The first kappa shape index (κ1) is 13.5. The summed E-state index contributed by atoms with van der Waals surface area (Å²) in [6.07, 6.45) is 7.68. The minimum absolute atomic E-state index is 0.227. The molecule has 2 N–H and O–H groups in total. The molecule has 0 unspecified atom stereocenters.